The van der Waals surface area contributed by atoms with Gasteiger partial charge in [-0.05, 0) is 63.1 Å². The summed E-state index contributed by atoms with van der Waals surface area (Å²) >= 11 is 0. The predicted molar refractivity (Wildman–Crippen MR) is 124 cm³/mol. The molecule has 180 valence electrons. The summed E-state index contributed by atoms with van der Waals surface area (Å²) in [6, 6.07) is 4.03. The van der Waals surface area contributed by atoms with Crippen LogP contribution >= 0.6 is 0 Å². The molecule has 4 rings (SSSR count). The molecule has 1 saturated carbocycles. The second-order valence-corrected chi connectivity index (χ2v) is 10.2. The van der Waals surface area contributed by atoms with Crippen molar-refractivity contribution in [3.8, 4) is 11.5 Å². The minimum Gasteiger partial charge on any atom is -0.504 e. The second-order valence-electron chi connectivity index (χ2n) is 10.2. The SMILES string of the molecule is CCCC[C@]12CCN(CC3CCC3)C(Cc3ccc(OCOCCOC)c(O)c31)C2(C)O. The van der Waals surface area contributed by atoms with E-state index < -0.39 is 11.0 Å². The van der Waals surface area contributed by atoms with Crippen molar-refractivity contribution >= 4 is 0 Å². The molecule has 3 atom stereocenters. The van der Waals surface area contributed by atoms with Gasteiger partial charge >= 0.3 is 0 Å². The standard InChI is InChI=1S/C26H41NO5/c1-4-5-11-26-12-13-27(17-19-7-6-8-19)22(25(26,2)29)16-20-9-10-21(24(28)23(20)26)32-18-31-15-14-30-3/h9-10,19,22,28-29H,4-8,11-18H2,1-3H3/t22?,25?,26-/m0/s1. The van der Waals surface area contributed by atoms with E-state index in [2.05, 4.69) is 17.9 Å². The number of hydrogen-bond acceptors (Lipinski definition) is 6. The average molecular weight is 448 g/mol. The summed E-state index contributed by atoms with van der Waals surface area (Å²) in [6.45, 7) is 7.28. The summed E-state index contributed by atoms with van der Waals surface area (Å²) in [5.74, 6) is 1.39. The Labute approximate surface area is 192 Å². The van der Waals surface area contributed by atoms with Gasteiger partial charge < -0.3 is 24.4 Å². The normalized spacial score (nSPS) is 30.1. The number of aliphatic hydroxyl groups is 1. The molecule has 1 aliphatic heterocycles. The van der Waals surface area contributed by atoms with Crippen LogP contribution in [0.1, 0.15) is 69.9 Å². The molecule has 2 aliphatic carbocycles. The quantitative estimate of drug-likeness (QED) is 0.395. The number of rotatable bonds is 11. The highest BCUT2D eigenvalue weighted by Crippen LogP contribution is 2.58. The van der Waals surface area contributed by atoms with Crippen molar-refractivity contribution < 1.29 is 24.4 Å². The van der Waals surface area contributed by atoms with Gasteiger partial charge in [0.25, 0.3) is 0 Å². The Balaban J connectivity index is 1.64. The van der Waals surface area contributed by atoms with Crippen molar-refractivity contribution in [1.82, 2.24) is 4.90 Å². The number of phenols is 1. The number of likely N-dealkylation sites (tertiary alicyclic amines) is 1. The number of hydrogen-bond donors (Lipinski definition) is 2. The van der Waals surface area contributed by atoms with Gasteiger partial charge in [0.1, 0.15) is 0 Å². The molecule has 1 saturated heterocycles. The highest BCUT2D eigenvalue weighted by molar-refractivity contribution is 5.57. The summed E-state index contributed by atoms with van der Waals surface area (Å²) in [4.78, 5) is 2.54. The van der Waals surface area contributed by atoms with Gasteiger partial charge in [-0.2, -0.15) is 0 Å². The third-order valence-electron chi connectivity index (χ3n) is 8.41. The van der Waals surface area contributed by atoms with Gasteiger partial charge in [0.15, 0.2) is 18.3 Å². The van der Waals surface area contributed by atoms with Crippen LogP contribution in [0.5, 0.6) is 11.5 Å². The van der Waals surface area contributed by atoms with Crippen molar-refractivity contribution in [2.45, 2.75) is 82.3 Å². The summed E-state index contributed by atoms with van der Waals surface area (Å²) in [7, 11) is 1.63. The minimum absolute atomic E-state index is 0.0614. The number of ether oxygens (including phenoxy) is 3. The maximum atomic E-state index is 12.1. The zero-order chi connectivity index (χ0) is 22.8. The number of phenolic OH excluding ortho intramolecular Hbond substituents is 1. The average Bonchev–Trinajstić information content (AvgIpc) is 2.72. The molecular formula is C26H41NO5. The van der Waals surface area contributed by atoms with E-state index in [1.807, 2.05) is 13.0 Å². The molecular weight excluding hydrogens is 406 g/mol. The molecule has 3 aliphatic rings. The molecule has 0 spiro atoms. The van der Waals surface area contributed by atoms with E-state index in [0.717, 1.165) is 62.2 Å². The lowest BCUT2D eigenvalue weighted by molar-refractivity contribution is -0.142. The largest absolute Gasteiger partial charge is 0.504 e. The van der Waals surface area contributed by atoms with Crippen LogP contribution in [0.15, 0.2) is 12.1 Å². The first-order valence-electron chi connectivity index (χ1n) is 12.5. The molecule has 2 N–H and O–H groups in total. The zero-order valence-electron chi connectivity index (χ0n) is 20.1. The fourth-order valence-electron chi connectivity index (χ4n) is 6.28. The van der Waals surface area contributed by atoms with Gasteiger partial charge in [0.2, 0.25) is 0 Å². The summed E-state index contributed by atoms with van der Waals surface area (Å²) < 4.78 is 16.2. The third kappa shape index (κ3) is 4.15. The van der Waals surface area contributed by atoms with Gasteiger partial charge in [-0.25, -0.2) is 0 Å². The number of nitrogens with zero attached hydrogens (tertiary/aromatic N) is 1. The molecule has 6 nitrogen and oxygen atoms in total. The molecule has 2 bridgehead atoms. The molecule has 2 fully saturated rings. The van der Waals surface area contributed by atoms with Crippen LogP contribution in [0.3, 0.4) is 0 Å². The van der Waals surface area contributed by atoms with Crippen LogP contribution < -0.4 is 4.74 Å². The Kier molecular flexibility index (Phi) is 7.35. The van der Waals surface area contributed by atoms with Gasteiger partial charge in [-0.3, -0.25) is 4.90 Å². The molecule has 1 aromatic rings. The van der Waals surface area contributed by atoms with Crippen molar-refractivity contribution in [3.05, 3.63) is 23.3 Å². The molecule has 0 radical (unpaired) electrons. The minimum atomic E-state index is -0.901. The van der Waals surface area contributed by atoms with Gasteiger partial charge in [-0.1, -0.05) is 32.3 Å². The predicted octanol–water partition coefficient (Wildman–Crippen LogP) is 4.00. The topological polar surface area (TPSA) is 71.4 Å². The van der Waals surface area contributed by atoms with E-state index in [1.54, 1.807) is 7.11 Å². The second kappa shape index (κ2) is 9.88. The van der Waals surface area contributed by atoms with E-state index in [0.29, 0.717) is 19.0 Å². The third-order valence-corrected chi connectivity index (χ3v) is 8.41. The van der Waals surface area contributed by atoms with Crippen LogP contribution in [0, 0.1) is 5.92 Å². The number of unbranched alkanes of at least 4 members (excludes halogenated alkanes) is 1. The molecule has 6 heteroatoms. The molecule has 0 aromatic heterocycles. The monoisotopic (exact) mass is 447 g/mol. The van der Waals surface area contributed by atoms with Crippen LogP contribution in [0.25, 0.3) is 0 Å². The molecule has 32 heavy (non-hydrogen) atoms. The number of methoxy groups -OCH3 is 1. The Bertz CT molecular complexity index is 778. The highest BCUT2D eigenvalue weighted by Gasteiger charge is 2.61. The summed E-state index contributed by atoms with van der Waals surface area (Å²) in [5.41, 5.74) is 0.700. The van der Waals surface area contributed by atoms with Crippen LogP contribution in [0.2, 0.25) is 0 Å². The molecule has 1 aromatic carbocycles. The van der Waals surface area contributed by atoms with E-state index in [1.165, 1.54) is 19.3 Å². The molecule has 0 amide bonds. The first-order valence-corrected chi connectivity index (χ1v) is 12.5. The number of benzene rings is 1. The Hall–Kier alpha value is -1.34. The van der Waals surface area contributed by atoms with Gasteiger partial charge in [0.05, 0.1) is 18.8 Å². The van der Waals surface area contributed by atoms with Crippen molar-refractivity contribution in [1.29, 1.82) is 0 Å². The zero-order valence-corrected chi connectivity index (χ0v) is 20.1. The number of piperidine rings is 1. The van der Waals surface area contributed by atoms with Crippen LogP contribution in [-0.2, 0) is 21.3 Å². The Morgan fingerprint density at radius 1 is 1.22 bits per heavy atom. The fraction of sp³-hybridized carbons (Fsp3) is 0.769. The van der Waals surface area contributed by atoms with Crippen molar-refractivity contribution in [2.24, 2.45) is 5.92 Å². The smallest absolute Gasteiger partial charge is 0.189 e. The fourth-order valence-corrected chi connectivity index (χ4v) is 6.28. The Morgan fingerprint density at radius 2 is 2.03 bits per heavy atom. The van der Waals surface area contributed by atoms with E-state index in [9.17, 15) is 10.2 Å². The van der Waals surface area contributed by atoms with Crippen molar-refractivity contribution in [3.63, 3.8) is 0 Å². The summed E-state index contributed by atoms with van der Waals surface area (Å²) in [5, 5.41) is 23.5. The van der Waals surface area contributed by atoms with Gasteiger partial charge in [0, 0.05) is 30.7 Å². The molecule has 2 unspecified atom stereocenters. The first-order chi connectivity index (χ1) is 15.4. The molecule has 1 heterocycles. The Morgan fingerprint density at radius 3 is 2.72 bits per heavy atom. The van der Waals surface area contributed by atoms with Crippen LogP contribution in [0.4, 0.5) is 0 Å². The van der Waals surface area contributed by atoms with Crippen LogP contribution in [-0.4, -0.2) is 67.0 Å². The van der Waals surface area contributed by atoms with Gasteiger partial charge in [-0.15, -0.1) is 0 Å². The summed E-state index contributed by atoms with van der Waals surface area (Å²) in [6.07, 6.45) is 8.56. The number of aromatic hydroxyl groups is 1. The first kappa shape index (κ1) is 23.8. The van der Waals surface area contributed by atoms with Crippen molar-refractivity contribution in [2.75, 3.05) is 40.2 Å². The van der Waals surface area contributed by atoms with E-state index >= 15 is 0 Å². The maximum Gasteiger partial charge on any atom is 0.189 e. The van der Waals surface area contributed by atoms with E-state index in [4.69, 9.17) is 14.2 Å². The lowest BCUT2D eigenvalue weighted by Gasteiger charge is -2.61. The van der Waals surface area contributed by atoms with E-state index in [-0.39, 0.29) is 18.6 Å². The lowest BCUT2D eigenvalue weighted by atomic mass is 9.53. The highest BCUT2D eigenvalue weighted by atomic mass is 16.7. The lowest BCUT2D eigenvalue weighted by Crippen LogP contribution is -2.70. The maximum absolute atomic E-state index is 12.1. The number of fused-ring (bicyclic) bond motifs is 4.